The van der Waals surface area contributed by atoms with Gasteiger partial charge >= 0.3 is 5.97 Å². The number of allylic oxidation sites excluding steroid dienone is 2. The molecule has 0 saturated carbocycles. The summed E-state index contributed by atoms with van der Waals surface area (Å²) in [5, 5.41) is 10.9. The highest BCUT2D eigenvalue weighted by Gasteiger charge is 2.32. The van der Waals surface area contributed by atoms with Gasteiger partial charge in [0.05, 0.1) is 10.8 Å². The van der Waals surface area contributed by atoms with Crippen LogP contribution in [0.1, 0.15) is 31.4 Å². The lowest BCUT2D eigenvalue weighted by Crippen LogP contribution is -2.26. The number of non-ortho nitro benzene ring substituents is 1. The van der Waals surface area contributed by atoms with E-state index in [0.29, 0.717) is 18.4 Å². The molecule has 0 unspecified atom stereocenters. The molecule has 6 nitrogen and oxygen atoms in total. The van der Waals surface area contributed by atoms with Gasteiger partial charge < -0.3 is 4.74 Å². The molecule has 1 aromatic carbocycles. The number of ketones is 1. The fourth-order valence-electron chi connectivity index (χ4n) is 2.42. The van der Waals surface area contributed by atoms with Gasteiger partial charge in [-0.1, -0.05) is 18.2 Å². The lowest BCUT2D eigenvalue weighted by Gasteiger charge is -2.26. The molecule has 21 heavy (non-hydrogen) atoms. The number of nitro benzene ring substituents is 1. The summed E-state index contributed by atoms with van der Waals surface area (Å²) in [6.45, 7) is 1.26. The number of hydrogen-bond acceptors (Lipinski definition) is 5. The lowest BCUT2D eigenvalue weighted by molar-refractivity contribution is -0.385. The standard InChI is InChI=1S/C15H15NO5/c1-10(17)21-15(13-7-2-3-8-14(13)18)11-5-4-6-12(9-11)16(19)20/h3-6,8-9,13,15H,2,7H2,1H3/t13-,15+/m1/s1. The first-order valence-electron chi connectivity index (χ1n) is 6.61. The van der Waals surface area contributed by atoms with Crippen LogP contribution >= 0.6 is 0 Å². The molecule has 0 aromatic heterocycles. The Hall–Kier alpha value is -2.50. The van der Waals surface area contributed by atoms with Crippen molar-refractivity contribution in [2.75, 3.05) is 0 Å². The third-order valence-electron chi connectivity index (χ3n) is 3.36. The molecule has 0 heterocycles. The smallest absolute Gasteiger partial charge is 0.303 e. The summed E-state index contributed by atoms with van der Waals surface area (Å²) in [6, 6.07) is 5.86. The van der Waals surface area contributed by atoms with E-state index in [9.17, 15) is 19.7 Å². The third-order valence-corrected chi connectivity index (χ3v) is 3.36. The third kappa shape index (κ3) is 3.53. The van der Waals surface area contributed by atoms with Crippen molar-refractivity contribution in [1.82, 2.24) is 0 Å². The molecule has 0 radical (unpaired) electrons. The van der Waals surface area contributed by atoms with Gasteiger partial charge in [-0.05, 0) is 24.5 Å². The highest BCUT2D eigenvalue weighted by atomic mass is 16.6. The van der Waals surface area contributed by atoms with Gasteiger partial charge in [-0.3, -0.25) is 19.7 Å². The van der Waals surface area contributed by atoms with Crippen LogP contribution in [-0.4, -0.2) is 16.7 Å². The molecule has 110 valence electrons. The molecular weight excluding hydrogens is 274 g/mol. The van der Waals surface area contributed by atoms with Gasteiger partial charge in [-0.25, -0.2) is 0 Å². The van der Waals surface area contributed by atoms with Crippen molar-refractivity contribution in [2.24, 2.45) is 5.92 Å². The van der Waals surface area contributed by atoms with Gasteiger partial charge in [0.1, 0.15) is 6.10 Å². The summed E-state index contributed by atoms with van der Waals surface area (Å²) in [5.74, 6) is -1.14. The van der Waals surface area contributed by atoms with E-state index in [2.05, 4.69) is 0 Å². The first kappa shape index (κ1) is 14.9. The molecule has 0 fully saturated rings. The highest BCUT2D eigenvalue weighted by molar-refractivity contribution is 5.93. The predicted octanol–water partition coefficient (Wildman–Crippen LogP) is 2.73. The number of benzene rings is 1. The minimum Gasteiger partial charge on any atom is -0.457 e. The maximum Gasteiger partial charge on any atom is 0.303 e. The Morgan fingerprint density at radius 3 is 2.86 bits per heavy atom. The largest absolute Gasteiger partial charge is 0.457 e. The Bertz CT molecular complexity index is 608. The van der Waals surface area contributed by atoms with Gasteiger partial charge in [0, 0.05) is 19.1 Å². The normalized spacial score (nSPS) is 19.1. The van der Waals surface area contributed by atoms with E-state index in [0.717, 1.165) is 0 Å². The highest BCUT2D eigenvalue weighted by Crippen LogP contribution is 2.34. The fourth-order valence-corrected chi connectivity index (χ4v) is 2.42. The maximum absolute atomic E-state index is 12.0. The molecule has 1 aliphatic rings. The topological polar surface area (TPSA) is 86.5 Å². The van der Waals surface area contributed by atoms with E-state index in [1.54, 1.807) is 12.1 Å². The zero-order chi connectivity index (χ0) is 15.4. The van der Waals surface area contributed by atoms with Crippen LogP contribution in [0.5, 0.6) is 0 Å². The molecule has 1 aromatic rings. The van der Waals surface area contributed by atoms with Crippen molar-refractivity contribution >= 4 is 17.4 Å². The van der Waals surface area contributed by atoms with Gasteiger partial charge in [0.15, 0.2) is 5.78 Å². The van der Waals surface area contributed by atoms with Crippen LogP contribution in [0, 0.1) is 16.0 Å². The van der Waals surface area contributed by atoms with Crippen molar-refractivity contribution in [3.63, 3.8) is 0 Å². The van der Waals surface area contributed by atoms with Crippen LogP contribution in [0.15, 0.2) is 36.4 Å². The van der Waals surface area contributed by atoms with E-state index in [-0.39, 0.29) is 11.5 Å². The van der Waals surface area contributed by atoms with Crippen LogP contribution in [0.25, 0.3) is 0 Å². The van der Waals surface area contributed by atoms with Crippen LogP contribution in [0.4, 0.5) is 5.69 Å². The summed E-state index contributed by atoms with van der Waals surface area (Å²) in [4.78, 5) is 33.6. The molecule has 2 rings (SSSR count). The number of carbonyl (C=O) groups excluding carboxylic acids is 2. The Balaban J connectivity index is 2.37. The van der Waals surface area contributed by atoms with Gasteiger partial charge in [-0.2, -0.15) is 0 Å². The molecule has 0 saturated heterocycles. The summed E-state index contributed by atoms with van der Waals surface area (Å²) in [5.41, 5.74) is 0.372. The van der Waals surface area contributed by atoms with Gasteiger partial charge in [-0.15, -0.1) is 0 Å². The first-order valence-corrected chi connectivity index (χ1v) is 6.61. The van der Waals surface area contributed by atoms with E-state index >= 15 is 0 Å². The number of esters is 1. The molecule has 0 N–H and O–H groups in total. The van der Waals surface area contributed by atoms with Gasteiger partial charge in [0.25, 0.3) is 5.69 Å². The molecule has 0 amide bonds. The summed E-state index contributed by atoms with van der Waals surface area (Å²) < 4.78 is 5.26. The van der Waals surface area contributed by atoms with E-state index in [4.69, 9.17) is 4.74 Å². The SMILES string of the molecule is CC(=O)O[C@@H](c1cccc([N+](=O)[O-])c1)[C@@H]1CCC=CC1=O. The first-order chi connectivity index (χ1) is 9.99. The Morgan fingerprint density at radius 2 is 2.24 bits per heavy atom. The second-order valence-corrected chi connectivity index (χ2v) is 4.87. The zero-order valence-electron chi connectivity index (χ0n) is 11.5. The molecular formula is C15H15NO5. The quantitative estimate of drug-likeness (QED) is 0.483. The number of hydrogen-bond donors (Lipinski definition) is 0. The molecule has 1 aliphatic carbocycles. The Labute approximate surface area is 121 Å². The fraction of sp³-hybridized carbons (Fsp3) is 0.333. The van der Waals surface area contributed by atoms with Crippen LogP contribution in [0.3, 0.4) is 0 Å². The number of nitrogens with zero attached hydrogens (tertiary/aromatic N) is 1. The summed E-state index contributed by atoms with van der Waals surface area (Å²) >= 11 is 0. The van der Waals surface area contributed by atoms with Gasteiger partial charge in [0.2, 0.25) is 0 Å². The monoisotopic (exact) mass is 289 g/mol. The van der Waals surface area contributed by atoms with Crippen LogP contribution in [-0.2, 0) is 14.3 Å². The van der Waals surface area contributed by atoms with Crippen LogP contribution in [0.2, 0.25) is 0 Å². The summed E-state index contributed by atoms with van der Waals surface area (Å²) in [6.07, 6.45) is 3.72. The zero-order valence-corrected chi connectivity index (χ0v) is 11.5. The van der Waals surface area contributed by atoms with Crippen molar-refractivity contribution in [2.45, 2.75) is 25.9 Å². The van der Waals surface area contributed by atoms with Crippen molar-refractivity contribution < 1.29 is 19.2 Å². The molecule has 0 bridgehead atoms. The minimum atomic E-state index is -0.792. The van der Waals surface area contributed by atoms with E-state index < -0.39 is 22.9 Å². The molecule has 0 spiro atoms. The number of rotatable bonds is 4. The molecule has 2 atom stereocenters. The Kier molecular flexibility index (Phi) is 4.47. The lowest BCUT2D eigenvalue weighted by atomic mass is 9.85. The molecule has 0 aliphatic heterocycles. The summed E-state index contributed by atoms with van der Waals surface area (Å²) in [7, 11) is 0. The van der Waals surface area contributed by atoms with E-state index in [1.807, 2.05) is 0 Å². The van der Waals surface area contributed by atoms with Crippen molar-refractivity contribution in [3.8, 4) is 0 Å². The Morgan fingerprint density at radius 1 is 1.48 bits per heavy atom. The average Bonchev–Trinajstić information content (AvgIpc) is 2.45. The van der Waals surface area contributed by atoms with Crippen LogP contribution < -0.4 is 0 Å². The minimum absolute atomic E-state index is 0.0940. The van der Waals surface area contributed by atoms with Crippen molar-refractivity contribution in [1.29, 1.82) is 0 Å². The van der Waals surface area contributed by atoms with Crippen molar-refractivity contribution in [3.05, 3.63) is 52.1 Å². The van der Waals surface area contributed by atoms with E-state index in [1.165, 1.54) is 31.2 Å². The number of ether oxygens (including phenoxy) is 1. The molecule has 6 heteroatoms. The average molecular weight is 289 g/mol. The second kappa shape index (κ2) is 6.30. The predicted molar refractivity (Wildman–Crippen MR) is 74.5 cm³/mol. The number of carbonyl (C=O) groups is 2. The second-order valence-electron chi connectivity index (χ2n) is 4.87. The maximum atomic E-state index is 12.0. The number of nitro groups is 1.